The number of carboxylic acids is 1. The molecule has 0 radical (unpaired) electrons. The Morgan fingerprint density at radius 2 is 2.11 bits per heavy atom. The van der Waals surface area contributed by atoms with E-state index in [1.807, 2.05) is 6.07 Å². The van der Waals surface area contributed by atoms with Crippen molar-refractivity contribution in [1.82, 2.24) is 5.32 Å². The summed E-state index contributed by atoms with van der Waals surface area (Å²) in [6.45, 7) is 0.895. The van der Waals surface area contributed by atoms with Crippen molar-refractivity contribution in [2.45, 2.75) is 38.3 Å². The van der Waals surface area contributed by atoms with Crippen LogP contribution < -0.4 is 5.32 Å². The molecule has 1 aromatic carbocycles. The third-order valence-electron chi connectivity index (χ3n) is 3.74. The second-order valence-corrected chi connectivity index (χ2v) is 6.30. The van der Waals surface area contributed by atoms with Crippen molar-refractivity contribution >= 4 is 27.4 Å². The minimum Gasteiger partial charge on any atom is -0.478 e. The molecule has 19 heavy (non-hydrogen) atoms. The van der Waals surface area contributed by atoms with Crippen molar-refractivity contribution in [2.75, 3.05) is 0 Å². The summed E-state index contributed by atoms with van der Waals surface area (Å²) in [5.41, 5.74) is 0.365. The standard InChI is InChI=1S/C15H17NO2S/c17-15(18)11-6-5-10-7-13(19-14(10)8-11)9-16-12-3-1-2-4-12/h5-8,12,16H,1-4,9H2,(H,17,18). The molecule has 4 heteroatoms. The Morgan fingerprint density at radius 3 is 2.84 bits per heavy atom. The van der Waals surface area contributed by atoms with Crippen molar-refractivity contribution in [2.24, 2.45) is 0 Å². The van der Waals surface area contributed by atoms with Crippen molar-refractivity contribution in [3.63, 3.8) is 0 Å². The van der Waals surface area contributed by atoms with Gasteiger partial charge in [-0.15, -0.1) is 11.3 Å². The van der Waals surface area contributed by atoms with Crippen LogP contribution in [0.2, 0.25) is 0 Å². The van der Waals surface area contributed by atoms with Gasteiger partial charge in [0.25, 0.3) is 0 Å². The SMILES string of the molecule is O=C(O)c1ccc2cc(CNC3CCCC3)sc2c1. The number of carboxylic acid groups (broad SMARTS) is 1. The predicted molar refractivity (Wildman–Crippen MR) is 77.9 cm³/mol. The number of fused-ring (bicyclic) bond motifs is 1. The first-order valence-corrected chi connectivity index (χ1v) is 7.53. The minimum absolute atomic E-state index is 0.365. The quantitative estimate of drug-likeness (QED) is 0.895. The van der Waals surface area contributed by atoms with Crippen LogP contribution in [-0.4, -0.2) is 17.1 Å². The van der Waals surface area contributed by atoms with Crippen LogP contribution in [0, 0.1) is 0 Å². The third-order valence-corrected chi connectivity index (χ3v) is 4.84. The van der Waals surface area contributed by atoms with Crippen LogP contribution in [0.25, 0.3) is 10.1 Å². The average molecular weight is 275 g/mol. The monoisotopic (exact) mass is 275 g/mol. The Bertz CT molecular complexity index is 599. The van der Waals surface area contributed by atoms with Crippen LogP contribution in [-0.2, 0) is 6.54 Å². The van der Waals surface area contributed by atoms with E-state index in [4.69, 9.17) is 5.11 Å². The fourth-order valence-corrected chi connectivity index (χ4v) is 3.74. The van der Waals surface area contributed by atoms with Crippen LogP contribution >= 0.6 is 11.3 Å². The highest BCUT2D eigenvalue weighted by molar-refractivity contribution is 7.19. The molecule has 0 unspecified atom stereocenters. The maximum atomic E-state index is 10.9. The van der Waals surface area contributed by atoms with Crippen molar-refractivity contribution in [1.29, 1.82) is 0 Å². The Morgan fingerprint density at radius 1 is 1.32 bits per heavy atom. The lowest BCUT2D eigenvalue weighted by atomic mass is 10.2. The molecule has 0 amide bonds. The summed E-state index contributed by atoms with van der Waals surface area (Å²) >= 11 is 1.69. The van der Waals surface area contributed by atoms with E-state index in [0.29, 0.717) is 11.6 Å². The molecule has 1 saturated carbocycles. The Labute approximate surface area is 116 Å². The van der Waals surface area contributed by atoms with E-state index in [2.05, 4.69) is 11.4 Å². The Hall–Kier alpha value is -1.39. The minimum atomic E-state index is -0.860. The van der Waals surface area contributed by atoms with Crippen LogP contribution in [0.3, 0.4) is 0 Å². The highest BCUT2D eigenvalue weighted by Crippen LogP contribution is 2.27. The maximum absolute atomic E-state index is 10.9. The molecule has 0 saturated heterocycles. The maximum Gasteiger partial charge on any atom is 0.335 e. The molecule has 1 heterocycles. The van der Waals surface area contributed by atoms with Gasteiger partial charge in [0.05, 0.1) is 5.56 Å². The molecule has 0 spiro atoms. The third kappa shape index (κ3) is 2.80. The summed E-state index contributed by atoms with van der Waals surface area (Å²) in [6, 6.07) is 8.16. The predicted octanol–water partition coefficient (Wildman–Crippen LogP) is 3.63. The molecular weight excluding hydrogens is 258 g/mol. The highest BCUT2D eigenvalue weighted by atomic mass is 32.1. The lowest BCUT2D eigenvalue weighted by molar-refractivity contribution is 0.0697. The molecule has 1 aliphatic rings. The van der Waals surface area contributed by atoms with E-state index < -0.39 is 5.97 Å². The van der Waals surface area contributed by atoms with Gasteiger partial charge in [-0.3, -0.25) is 0 Å². The number of rotatable bonds is 4. The summed E-state index contributed by atoms with van der Waals surface area (Å²) in [4.78, 5) is 12.2. The van der Waals surface area contributed by atoms with Gasteiger partial charge >= 0.3 is 5.97 Å². The van der Waals surface area contributed by atoms with Gasteiger partial charge in [-0.1, -0.05) is 18.9 Å². The second-order valence-electron chi connectivity index (χ2n) is 5.13. The first-order valence-electron chi connectivity index (χ1n) is 6.71. The number of thiophene rings is 1. The average Bonchev–Trinajstić information content (AvgIpc) is 3.04. The van der Waals surface area contributed by atoms with E-state index in [1.54, 1.807) is 23.5 Å². The Balaban J connectivity index is 1.75. The molecule has 2 N–H and O–H groups in total. The first-order chi connectivity index (χ1) is 9.22. The van der Waals surface area contributed by atoms with Gasteiger partial charge in [0.1, 0.15) is 0 Å². The van der Waals surface area contributed by atoms with Gasteiger partial charge in [-0.05, 0) is 36.4 Å². The van der Waals surface area contributed by atoms with Crippen molar-refractivity contribution in [3.05, 3.63) is 34.7 Å². The first kappa shape index (κ1) is 12.6. The van der Waals surface area contributed by atoms with Crippen LogP contribution in [0.1, 0.15) is 40.9 Å². The van der Waals surface area contributed by atoms with Gasteiger partial charge in [0, 0.05) is 22.2 Å². The van der Waals surface area contributed by atoms with E-state index in [0.717, 1.165) is 16.6 Å². The van der Waals surface area contributed by atoms with Gasteiger partial charge in [0.2, 0.25) is 0 Å². The Kier molecular flexibility index (Phi) is 3.53. The molecule has 3 rings (SSSR count). The summed E-state index contributed by atoms with van der Waals surface area (Å²) in [5, 5.41) is 13.7. The normalized spacial score (nSPS) is 16.2. The molecule has 1 aliphatic carbocycles. The van der Waals surface area contributed by atoms with E-state index in [-0.39, 0.29) is 0 Å². The van der Waals surface area contributed by atoms with Crippen LogP contribution in [0.5, 0.6) is 0 Å². The fourth-order valence-electron chi connectivity index (χ4n) is 2.68. The lowest BCUT2D eigenvalue weighted by Crippen LogP contribution is -2.24. The number of hydrogen-bond donors (Lipinski definition) is 2. The molecule has 0 atom stereocenters. The van der Waals surface area contributed by atoms with Crippen LogP contribution in [0.4, 0.5) is 0 Å². The number of aromatic carboxylic acids is 1. The number of hydrogen-bond acceptors (Lipinski definition) is 3. The lowest BCUT2D eigenvalue weighted by Gasteiger charge is -2.09. The molecule has 100 valence electrons. The smallest absolute Gasteiger partial charge is 0.335 e. The van der Waals surface area contributed by atoms with Crippen molar-refractivity contribution < 1.29 is 9.90 Å². The zero-order valence-electron chi connectivity index (χ0n) is 10.7. The van der Waals surface area contributed by atoms with Crippen molar-refractivity contribution in [3.8, 4) is 0 Å². The molecular formula is C15H17NO2S. The summed E-state index contributed by atoms with van der Waals surface area (Å²) in [7, 11) is 0. The molecule has 1 fully saturated rings. The molecule has 3 nitrogen and oxygen atoms in total. The molecule has 2 aromatic rings. The second kappa shape index (κ2) is 5.31. The number of nitrogens with one attached hydrogen (secondary N) is 1. The summed E-state index contributed by atoms with van der Waals surface area (Å²) in [5.74, 6) is -0.860. The number of carbonyl (C=O) groups is 1. The number of benzene rings is 1. The highest BCUT2D eigenvalue weighted by Gasteiger charge is 2.14. The molecule has 1 aromatic heterocycles. The molecule has 0 aliphatic heterocycles. The van der Waals surface area contributed by atoms with Gasteiger partial charge < -0.3 is 10.4 Å². The zero-order valence-corrected chi connectivity index (χ0v) is 11.5. The van der Waals surface area contributed by atoms with Gasteiger partial charge in [-0.2, -0.15) is 0 Å². The summed E-state index contributed by atoms with van der Waals surface area (Å²) in [6.07, 6.45) is 5.25. The van der Waals surface area contributed by atoms with Gasteiger partial charge in [-0.25, -0.2) is 4.79 Å². The van der Waals surface area contributed by atoms with Gasteiger partial charge in [0.15, 0.2) is 0 Å². The zero-order chi connectivity index (χ0) is 13.2. The van der Waals surface area contributed by atoms with E-state index in [9.17, 15) is 4.79 Å². The van der Waals surface area contributed by atoms with Crippen LogP contribution in [0.15, 0.2) is 24.3 Å². The van der Waals surface area contributed by atoms with E-state index >= 15 is 0 Å². The van der Waals surface area contributed by atoms with E-state index in [1.165, 1.54) is 30.6 Å². The summed E-state index contributed by atoms with van der Waals surface area (Å²) < 4.78 is 1.06. The largest absolute Gasteiger partial charge is 0.478 e. The fraction of sp³-hybridized carbons (Fsp3) is 0.400. The molecule has 0 bridgehead atoms. The topological polar surface area (TPSA) is 49.3 Å².